The molecule has 162 valence electrons. The van der Waals surface area contributed by atoms with Gasteiger partial charge in [0, 0.05) is 44.6 Å². The van der Waals surface area contributed by atoms with Crippen LogP contribution < -0.4 is 15.1 Å². The van der Waals surface area contributed by atoms with Crippen LogP contribution in [-0.2, 0) is 16.6 Å². The number of carbonyl (C=O) groups is 1. The molecule has 2 saturated heterocycles. The topological polar surface area (TPSA) is 62.6 Å². The molecule has 2 aromatic carbocycles. The summed E-state index contributed by atoms with van der Waals surface area (Å²) in [6.45, 7) is 4.96. The van der Waals surface area contributed by atoms with E-state index in [1.54, 1.807) is 0 Å². The predicted molar refractivity (Wildman–Crippen MR) is 124 cm³/mol. The number of nitrogens with one attached hydrogen (secondary N) is 1. The minimum Gasteiger partial charge on any atom is -0.378 e. The Morgan fingerprint density at radius 3 is 2.58 bits per heavy atom. The molecule has 0 aliphatic carbocycles. The van der Waals surface area contributed by atoms with Gasteiger partial charge in [0.25, 0.3) is 0 Å². The monoisotopic (exact) mass is 419 g/mol. The fourth-order valence-corrected chi connectivity index (χ4v) is 4.61. The second kappa shape index (κ2) is 8.59. The molecule has 1 amide bonds. The number of piperidine rings is 1. The molecule has 3 heterocycles. The van der Waals surface area contributed by atoms with Crippen LogP contribution in [0.4, 0.5) is 17.3 Å². The molecule has 0 radical (unpaired) electrons. The van der Waals surface area contributed by atoms with Crippen LogP contribution in [0.3, 0.4) is 0 Å². The maximum atomic E-state index is 13.0. The summed E-state index contributed by atoms with van der Waals surface area (Å²) < 4.78 is 7.55. The van der Waals surface area contributed by atoms with Crippen LogP contribution in [0.2, 0.25) is 0 Å². The second-order valence-corrected chi connectivity index (χ2v) is 8.38. The molecule has 2 aliphatic heterocycles. The van der Waals surface area contributed by atoms with Crippen LogP contribution in [0.25, 0.3) is 11.0 Å². The van der Waals surface area contributed by atoms with Gasteiger partial charge < -0.3 is 24.4 Å². The normalized spacial score (nSPS) is 19.6. The number of para-hydroxylation sites is 2. The smallest absolute Gasteiger partial charge is 0.229 e. The standard InChI is InChI=1S/C24H29N5O2/c1-27-22-7-3-2-6-21(22)26-24(27)29-12-4-5-18(17-29)23(30)25-19-8-10-20(11-9-19)28-13-15-31-16-14-28/h2-3,6-11,18H,4-5,12-17H2,1H3,(H,25,30)/t18-/m0/s1. The largest absolute Gasteiger partial charge is 0.378 e. The molecule has 1 N–H and O–H groups in total. The van der Waals surface area contributed by atoms with Gasteiger partial charge in [-0.3, -0.25) is 4.79 Å². The highest BCUT2D eigenvalue weighted by atomic mass is 16.5. The van der Waals surface area contributed by atoms with Crippen LogP contribution >= 0.6 is 0 Å². The zero-order valence-corrected chi connectivity index (χ0v) is 18.0. The van der Waals surface area contributed by atoms with Crippen molar-refractivity contribution >= 4 is 34.3 Å². The van der Waals surface area contributed by atoms with Crippen LogP contribution in [0.5, 0.6) is 0 Å². The van der Waals surface area contributed by atoms with Gasteiger partial charge >= 0.3 is 0 Å². The molecule has 3 aromatic rings. The van der Waals surface area contributed by atoms with Crippen molar-refractivity contribution in [2.75, 3.05) is 54.5 Å². The number of hydrogen-bond donors (Lipinski definition) is 1. The number of amides is 1. The van der Waals surface area contributed by atoms with Crippen LogP contribution in [0.15, 0.2) is 48.5 Å². The number of benzene rings is 2. The maximum Gasteiger partial charge on any atom is 0.229 e. The summed E-state index contributed by atoms with van der Waals surface area (Å²) in [4.78, 5) is 22.4. The molecule has 2 aliphatic rings. The zero-order chi connectivity index (χ0) is 21.2. The van der Waals surface area contributed by atoms with Crippen molar-refractivity contribution in [1.29, 1.82) is 0 Å². The number of fused-ring (bicyclic) bond motifs is 1. The Balaban J connectivity index is 1.24. The lowest BCUT2D eigenvalue weighted by molar-refractivity contribution is -0.120. The number of nitrogens with zero attached hydrogens (tertiary/aromatic N) is 4. The number of anilines is 3. The Labute approximate surface area is 182 Å². The number of aromatic nitrogens is 2. The third-order valence-corrected chi connectivity index (χ3v) is 6.35. The van der Waals surface area contributed by atoms with Gasteiger partial charge in [-0.1, -0.05) is 12.1 Å². The number of ether oxygens (including phenoxy) is 1. The molecule has 0 spiro atoms. The van der Waals surface area contributed by atoms with Crippen molar-refractivity contribution in [2.24, 2.45) is 13.0 Å². The molecule has 0 saturated carbocycles. The summed E-state index contributed by atoms with van der Waals surface area (Å²) in [5, 5.41) is 3.12. The fraction of sp³-hybridized carbons (Fsp3) is 0.417. The first-order valence-electron chi connectivity index (χ1n) is 11.1. The van der Waals surface area contributed by atoms with Gasteiger partial charge in [-0.25, -0.2) is 4.98 Å². The molecule has 1 aromatic heterocycles. The molecular formula is C24H29N5O2. The lowest BCUT2D eigenvalue weighted by atomic mass is 9.97. The van der Waals surface area contributed by atoms with Gasteiger partial charge in [0.2, 0.25) is 11.9 Å². The highest BCUT2D eigenvalue weighted by Gasteiger charge is 2.28. The number of carbonyl (C=O) groups excluding carboxylic acids is 1. The van der Waals surface area contributed by atoms with E-state index in [9.17, 15) is 4.79 Å². The van der Waals surface area contributed by atoms with Crippen molar-refractivity contribution in [1.82, 2.24) is 9.55 Å². The Morgan fingerprint density at radius 2 is 1.81 bits per heavy atom. The van der Waals surface area contributed by atoms with Crippen LogP contribution in [0, 0.1) is 5.92 Å². The fourth-order valence-electron chi connectivity index (χ4n) is 4.61. The third-order valence-electron chi connectivity index (χ3n) is 6.35. The zero-order valence-electron chi connectivity index (χ0n) is 18.0. The van der Waals surface area contributed by atoms with Crippen molar-refractivity contribution in [3.8, 4) is 0 Å². The minimum absolute atomic E-state index is 0.0486. The number of imidazole rings is 1. The van der Waals surface area contributed by atoms with E-state index in [0.717, 1.165) is 68.4 Å². The van der Waals surface area contributed by atoms with E-state index in [1.165, 1.54) is 5.69 Å². The Bertz CT molecular complexity index is 1060. The van der Waals surface area contributed by atoms with Gasteiger partial charge in [-0.2, -0.15) is 0 Å². The predicted octanol–water partition coefficient (Wildman–Crippen LogP) is 3.27. The molecule has 7 heteroatoms. The molecule has 7 nitrogen and oxygen atoms in total. The van der Waals surface area contributed by atoms with Gasteiger partial charge in [0.15, 0.2) is 0 Å². The molecule has 0 unspecified atom stereocenters. The number of morpholine rings is 1. The highest BCUT2D eigenvalue weighted by molar-refractivity contribution is 5.93. The summed E-state index contributed by atoms with van der Waals surface area (Å²) in [5.74, 6) is 0.976. The molecule has 2 fully saturated rings. The van der Waals surface area contributed by atoms with Crippen LogP contribution in [0.1, 0.15) is 12.8 Å². The van der Waals surface area contributed by atoms with Gasteiger partial charge in [-0.05, 0) is 49.2 Å². The Hall–Kier alpha value is -3.06. The SMILES string of the molecule is Cn1c(N2CCC[C@H](C(=O)Nc3ccc(N4CCOCC4)cc3)C2)nc2ccccc21. The summed E-state index contributed by atoms with van der Waals surface area (Å²) >= 11 is 0. The summed E-state index contributed by atoms with van der Waals surface area (Å²) in [5.41, 5.74) is 4.13. The van der Waals surface area contributed by atoms with Crippen molar-refractivity contribution in [2.45, 2.75) is 12.8 Å². The molecule has 1 atom stereocenters. The summed E-state index contributed by atoms with van der Waals surface area (Å²) in [6.07, 6.45) is 1.88. The third kappa shape index (κ3) is 4.10. The average Bonchev–Trinajstić information content (AvgIpc) is 3.17. The number of hydrogen-bond acceptors (Lipinski definition) is 5. The van der Waals surface area contributed by atoms with E-state index < -0.39 is 0 Å². The first-order valence-corrected chi connectivity index (χ1v) is 11.1. The number of rotatable bonds is 4. The quantitative estimate of drug-likeness (QED) is 0.703. The Morgan fingerprint density at radius 1 is 1.03 bits per heavy atom. The van der Waals surface area contributed by atoms with E-state index in [2.05, 4.69) is 37.9 Å². The molecule has 5 rings (SSSR count). The first kappa shape index (κ1) is 19.9. The van der Waals surface area contributed by atoms with Gasteiger partial charge in [-0.15, -0.1) is 0 Å². The minimum atomic E-state index is -0.0486. The average molecular weight is 420 g/mol. The van der Waals surface area contributed by atoms with Crippen LogP contribution in [-0.4, -0.2) is 54.9 Å². The van der Waals surface area contributed by atoms with Crippen molar-refractivity contribution in [3.05, 3.63) is 48.5 Å². The van der Waals surface area contributed by atoms with E-state index in [1.807, 2.05) is 37.4 Å². The van der Waals surface area contributed by atoms with Gasteiger partial charge in [0.05, 0.1) is 30.2 Å². The van der Waals surface area contributed by atoms with Crippen molar-refractivity contribution in [3.63, 3.8) is 0 Å². The molecule has 31 heavy (non-hydrogen) atoms. The lowest BCUT2D eigenvalue weighted by Gasteiger charge is -2.32. The van der Waals surface area contributed by atoms with E-state index in [0.29, 0.717) is 6.54 Å². The summed E-state index contributed by atoms with van der Waals surface area (Å²) in [7, 11) is 2.05. The lowest BCUT2D eigenvalue weighted by Crippen LogP contribution is -2.41. The summed E-state index contributed by atoms with van der Waals surface area (Å²) in [6, 6.07) is 16.3. The second-order valence-electron chi connectivity index (χ2n) is 8.38. The molecular weight excluding hydrogens is 390 g/mol. The van der Waals surface area contributed by atoms with Gasteiger partial charge in [0.1, 0.15) is 0 Å². The first-order chi connectivity index (χ1) is 15.2. The van der Waals surface area contributed by atoms with Crippen molar-refractivity contribution < 1.29 is 9.53 Å². The van der Waals surface area contributed by atoms with E-state index >= 15 is 0 Å². The Kier molecular flexibility index (Phi) is 5.51. The number of aryl methyl sites for hydroxylation is 1. The maximum absolute atomic E-state index is 13.0. The molecule has 0 bridgehead atoms. The van der Waals surface area contributed by atoms with E-state index in [-0.39, 0.29) is 11.8 Å². The highest BCUT2D eigenvalue weighted by Crippen LogP contribution is 2.27. The van der Waals surface area contributed by atoms with E-state index in [4.69, 9.17) is 9.72 Å².